The molecule has 110 valence electrons. The van der Waals surface area contributed by atoms with Crippen molar-refractivity contribution in [3.8, 4) is 0 Å². The van der Waals surface area contributed by atoms with Crippen molar-refractivity contribution in [3.63, 3.8) is 0 Å². The molecule has 1 amide bonds. The lowest BCUT2D eigenvalue weighted by Gasteiger charge is -2.21. The van der Waals surface area contributed by atoms with E-state index in [0.29, 0.717) is 6.42 Å². The van der Waals surface area contributed by atoms with Crippen LogP contribution >= 0.6 is 0 Å². The second kappa shape index (κ2) is 8.19. The number of carbonyl (C=O) groups is 1. The summed E-state index contributed by atoms with van der Waals surface area (Å²) >= 11 is 0. The number of rotatable bonds is 7. The number of nitrogens with one attached hydrogen (secondary N) is 1. The molecule has 0 aromatic heterocycles. The maximum atomic E-state index is 12.4. The van der Waals surface area contributed by atoms with Crippen molar-refractivity contribution in [1.82, 2.24) is 5.32 Å². The lowest BCUT2D eigenvalue weighted by molar-refractivity contribution is -0.123. The molecular weight excluding hydrogens is 254 g/mol. The highest BCUT2D eigenvalue weighted by Crippen LogP contribution is 2.19. The summed E-state index contributed by atoms with van der Waals surface area (Å²) in [5.41, 5.74) is 6.50. The van der Waals surface area contributed by atoms with Gasteiger partial charge in [-0.3, -0.25) is 4.79 Å². The minimum Gasteiger partial charge on any atom is -0.409 e. The number of benzene rings is 1. The number of amidine groups is 1. The molecule has 0 fully saturated rings. The zero-order valence-corrected chi connectivity index (χ0v) is 12.0. The Hall–Kier alpha value is -2.04. The number of nitrogens with two attached hydrogens (primary N) is 1. The van der Waals surface area contributed by atoms with Gasteiger partial charge >= 0.3 is 0 Å². The van der Waals surface area contributed by atoms with Gasteiger partial charge in [0.2, 0.25) is 5.91 Å². The van der Waals surface area contributed by atoms with Gasteiger partial charge in [-0.2, -0.15) is 0 Å². The highest BCUT2D eigenvalue weighted by molar-refractivity contribution is 5.85. The number of carbonyl (C=O) groups excluding carboxylic acids is 1. The Labute approximate surface area is 119 Å². The van der Waals surface area contributed by atoms with E-state index in [2.05, 4.69) is 10.5 Å². The largest absolute Gasteiger partial charge is 0.409 e. The van der Waals surface area contributed by atoms with E-state index in [4.69, 9.17) is 10.9 Å². The Kier molecular flexibility index (Phi) is 6.56. The molecular formula is C15H23N3O2. The van der Waals surface area contributed by atoms with Crippen molar-refractivity contribution < 1.29 is 10.0 Å². The van der Waals surface area contributed by atoms with Gasteiger partial charge in [0.25, 0.3) is 0 Å². The molecule has 2 unspecified atom stereocenters. The van der Waals surface area contributed by atoms with Crippen LogP contribution in [0.3, 0.4) is 0 Å². The van der Waals surface area contributed by atoms with Crippen molar-refractivity contribution in [2.75, 3.05) is 0 Å². The van der Waals surface area contributed by atoms with Crippen LogP contribution in [0, 0.1) is 0 Å². The van der Waals surface area contributed by atoms with Gasteiger partial charge < -0.3 is 16.3 Å². The highest BCUT2D eigenvalue weighted by Gasteiger charge is 2.21. The van der Waals surface area contributed by atoms with E-state index in [1.165, 1.54) is 0 Å². The number of oxime groups is 1. The van der Waals surface area contributed by atoms with Crippen LogP contribution in [0.2, 0.25) is 0 Å². The summed E-state index contributed by atoms with van der Waals surface area (Å²) < 4.78 is 0. The molecule has 0 saturated heterocycles. The minimum absolute atomic E-state index is 0.0173. The van der Waals surface area contributed by atoms with E-state index in [1.54, 1.807) is 0 Å². The zero-order valence-electron chi connectivity index (χ0n) is 12.0. The van der Waals surface area contributed by atoms with Crippen LogP contribution in [0.25, 0.3) is 0 Å². The van der Waals surface area contributed by atoms with Crippen molar-refractivity contribution in [1.29, 1.82) is 0 Å². The van der Waals surface area contributed by atoms with Crippen LogP contribution in [-0.4, -0.2) is 23.0 Å². The quantitative estimate of drug-likeness (QED) is 0.309. The van der Waals surface area contributed by atoms with Crippen LogP contribution in [0.4, 0.5) is 0 Å². The van der Waals surface area contributed by atoms with Gasteiger partial charge in [-0.25, -0.2) is 0 Å². The molecule has 0 aliphatic heterocycles. The summed E-state index contributed by atoms with van der Waals surface area (Å²) in [5, 5.41) is 14.5. The number of hydrogen-bond acceptors (Lipinski definition) is 3. The molecule has 1 aromatic rings. The van der Waals surface area contributed by atoms with Gasteiger partial charge in [0.15, 0.2) is 0 Å². The van der Waals surface area contributed by atoms with E-state index < -0.39 is 0 Å². The van der Waals surface area contributed by atoms with E-state index in [0.717, 1.165) is 18.4 Å². The van der Waals surface area contributed by atoms with Gasteiger partial charge in [0.05, 0.1) is 5.92 Å². The monoisotopic (exact) mass is 277 g/mol. The standard InChI is InChI=1S/C15H23N3O2/c1-3-12(10-14(16)18-20)17-15(19)13(4-2)11-8-6-5-7-9-11/h5-9,12-13,20H,3-4,10H2,1-2H3,(H2,16,18)(H,17,19). The minimum atomic E-state index is -0.169. The van der Waals surface area contributed by atoms with Crippen LogP contribution < -0.4 is 11.1 Å². The first-order chi connectivity index (χ1) is 9.62. The van der Waals surface area contributed by atoms with Gasteiger partial charge in [0, 0.05) is 12.5 Å². The van der Waals surface area contributed by atoms with Crippen molar-refractivity contribution >= 4 is 11.7 Å². The highest BCUT2D eigenvalue weighted by atomic mass is 16.4. The first-order valence-electron chi connectivity index (χ1n) is 6.94. The van der Waals surface area contributed by atoms with Crippen LogP contribution in [0.15, 0.2) is 35.5 Å². The Bertz CT molecular complexity index is 446. The predicted molar refractivity (Wildman–Crippen MR) is 79.7 cm³/mol. The average Bonchev–Trinajstić information content (AvgIpc) is 2.48. The molecule has 0 spiro atoms. The van der Waals surface area contributed by atoms with Crippen LogP contribution in [0.1, 0.15) is 44.6 Å². The Balaban J connectivity index is 2.72. The molecule has 1 rings (SSSR count). The van der Waals surface area contributed by atoms with Crippen LogP contribution in [-0.2, 0) is 4.79 Å². The summed E-state index contributed by atoms with van der Waals surface area (Å²) in [6.07, 6.45) is 1.81. The third-order valence-electron chi connectivity index (χ3n) is 3.35. The van der Waals surface area contributed by atoms with Gasteiger partial charge in [-0.05, 0) is 18.4 Å². The molecule has 20 heavy (non-hydrogen) atoms. The van der Waals surface area contributed by atoms with Gasteiger partial charge in [0.1, 0.15) is 5.84 Å². The molecule has 1 aromatic carbocycles. The van der Waals surface area contributed by atoms with E-state index in [1.807, 2.05) is 44.2 Å². The zero-order chi connectivity index (χ0) is 15.0. The molecule has 0 bridgehead atoms. The fourth-order valence-electron chi connectivity index (χ4n) is 2.15. The number of nitrogens with zero attached hydrogens (tertiary/aromatic N) is 1. The first-order valence-corrected chi connectivity index (χ1v) is 6.94. The topological polar surface area (TPSA) is 87.7 Å². The number of hydrogen-bond donors (Lipinski definition) is 3. The molecule has 0 aliphatic carbocycles. The molecule has 0 aliphatic rings. The van der Waals surface area contributed by atoms with E-state index in [-0.39, 0.29) is 23.7 Å². The molecule has 5 nitrogen and oxygen atoms in total. The maximum Gasteiger partial charge on any atom is 0.227 e. The summed E-state index contributed by atoms with van der Waals surface area (Å²) in [5.74, 6) is -0.0567. The summed E-state index contributed by atoms with van der Waals surface area (Å²) in [4.78, 5) is 12.4. The molecule has 2 atom stereocenters. The van der Waals surface area contributed by atoms with Crippen molar-refractivity contribution in [2.45, 2.75) is 45.1 Å². The van der Waals surface area contributed by atoms with Gasteiger partial charge in [-0.1, -0.05) is 49.3 Å². The smallest absolute Gasteiger partial charge is 0.227 e. The molecule has 0 heterocycles. The second-order valence-corrected chi connectivity index (χ2v) is 4.78. The average molecular weight is 277 g/mol. The SMILES string of the molecule is CCC(CC(N)=NO)NC(=O)C(CC)c1ccccc1. The number of amides is 1. The van der Waals surface area contributed by atoms with Crippen molar-refractivity contribution in [2.24, 2.45) is 10.9 Å². The lowest BCUT2D eigenvalue weighted by atomic mass is 9.95. The molecule has 4 N–H and O–H groups in total. The molecule has 5 heteroatoms. The second-order valence-electron chi connectivity index (χ2n) is 4.78. The normalized spacial score (nSPS) is 14.6. The summed E-state index contributed by atoms with van der Waals surface area (Å²) in [7, 11) is 0. The Morgan fingerprint density at radius 2 is 1.95 bits per heavy atom. The van der Waals surface area contributed by atoms with E-state index in [9.17, 15) is 4.79 Å². The lowest BCUT2D eigenvalue weighted by Crippen LogP contribution is -2.40. The maximum absolute atomic E-state index is 12.4. The third-order valence-corrected chi connectivity index (χ3v) is 3.35. The van der Waals surface area contributed by atoms with E-state index >= 15 is 0 Å². The predicted octanol–water partition coefficient (Wildman–Crippen LogP) is 2.21. The van der Waals surface area contributed by atoms with Crippen molar-refractivity contribution in [3.05, 3.63) is 35.9 Å². The fourth-order valence-corrected chi connectivity index (χ4v) is 2.15. The fraction of sp³-hybridized carbons (Fsp3) is 0.467. The van der Waals surface area contributed by atoms with Crippen LogP contribution in [0.5, 0.6) is 0 Å². The molecule has 0 saturated carbocycles. The summed E-state index contributed by atoms with van der Waals surface area (Å²) in [6.45, 7) is 3.95. The Morgan fingerprint density at radius 1 is 1.30 bits per heavy atom. The molecule has 0 radical (unpaired) electrons. The Morgan fingerprint density at radius 3 is 2.45 bits per heavy atom. The third kappa shape index (κ3) is 4.57. The summed E-state index contributed by atoms with van der Waals surface area (Å²) in [6, 6.07) is 9.59. The van der Waals surface area contributed by atoms with Gasteiger partial charge in [-0.15, -0.1) is 0 Å². The first kappa shape index (κ1) is 16.0.